The number of benzene rings is 2. The molecule has 2 aromatic rings. The van der Waals surface area contributed by atoms with E-state index in [-0.39, 0.29) is 18.0 Å². The van der Waals surface area contributed by atoms with Crippen molar-refractivity contribution in [1.82, 2.24) is 20.7 Å². The van der Waals surface area contributed by atoms with E-state index in [0.29, 0.717) is 6.04 Å². The van der Waals surface area contributed by atoms with E-state index >= 15 is 0 Å². The minimum absolute atomic E-state index is 0.0637. The molecule has 2 aromatic carbocycles. The zero-order valence-corrected chi connectivity index (χ0v) is 16.8. The number of hydrazine groups is 1. The summed E-state index contributed by atoms with van der Waals surface area (Å²) >= 11 is 0. The third-order valence-corrected chi connectivity index (χ3v) is 6.64. The fraction of sp³-hybridized carbons (Fsp3) is 0.458. The number of hydrogen-bond donors (Lipinski definition) is 2. The molecule has 1 aliphatic carbocycles. The zero-order chi connectivity index (χ0) is 19.6. The van der Waals surface area contributed by atoms with Crippen LogP contribution in [0.3, 0.4) is 0 Å². The van der Waals surface area contributed by atoms with Gasteiger partial charge in [0, 0.05) is 32.2 Å². The maximum Gasteiger partial charge on any atom is 0.241 e. The van der Waals surface area contributed by atoms with Gasteiger partial charge in [-0.25, -0.2) is 5.43 Å². The van der Waals surface area contributed by atoms with Crippen LogP contribution in [0.15, 0.2) is 60.7 Å². The van der Waals surface area contributed by atoms with Crippen LogP contribution in [-0.4, -0.2) is 54.0 Å². The van der Waals surface area contributed by atoms with Crippen molar-refractivity contribution in [3.63, 3.8) is 0 Å². The lowest BCUT2D eigenvalue weighted by atomic mass is 9.96. The van der Waals surface area contributed by atoms with Crippen molar-refractivity contribution in [3.8, 4) is 0 Å². The lowest BCUT2D eigenvalue weighted by Gasteiger charge is -2.40. The van der Waals surface area contributed by atoms with Gasteiger partial charge in [0.05, 0.1) is 6.04 Å². The van der Waals surface area contributed by atoms with Crippen LogP contribution < -0.4 is 10.9 Å². The summed E-state index contributed by atoms with van der Waals surface area (Å²) in [4.78, 5) is 17.6. The number of nitrogens with zero attached hydrogens (tertiary/aromatic N) is 2. The predicted molar refractivity (Wildman–Crippen MR) is 114 cm³/mol. The third kappa shape index (κ3) is 4.08. The van der Waals surface area contributed by atoms with E-state index in [0.717, 1.165) is 38.5 Å². The highest BCUT2D eigenvalue weighted by Crippen LogP contribution is 2.36. The van der Waals surface area contributed by atoms with Crippen LogP contribution in [0, 0.1) is 5.92 Å². The van der Waals surface area contributed by atoms with E-state index in [1.807, 2.05) is 0 Å². The summed E-state index contributed by atoms with van der Waals surface area (Å²) in [7, 11) is 0. The molecule has 2 unspecified atom stereocenters. The van der Waals surface area contributed by atoms with Crippen LogP contribution in [0.4, 0.5) is 0 Å². The molecule has 0 bridgehead atoms. The molecule has 5 rings (SSSR count). The van der Waals surface area contributed by atoms with E-state index in [2.05, 4.69) is 81.3 Å². The van der Waals surface area contributed by atoms with Crippen LogP contribution in [0.5, 0.6) is 0 Å². The fourth-order valence-corrected chi connectivity index (χ4v) is 4.86. The molecule has 0 aromatic heterocycles. The standard InChI is InChI=1S/C24H30N4O/c29-24(22-17-21(25-26-22)18-11-12-18)28-15-13-27(14-16-28)23(19-7-3-1-4-8-19)20-9-5-2-6-10-20/h1-10,18,21-23,25-26H,11-17H2. The van der Waals surface area contributed by atoms with E-state index in [4.69, 9.17) is 0 Å². The minimum Gasteiger partial charge on any atom is -0.339 e. The first-order chi connectivity index (χ1) is 14.3. The Balaban J connectivity index is 1.25. The minimum atomic E-state index is -0.0637. The summed E-state index contributed by atoms with van der Waals surface area (Å²) < 4.78 is 0. The molecule has 5 nitrogen and oxygen atoms in total. The van der Waals surface area contributed by atoms with Gasteiger partial charge in [0.25, 0.3) is 0 Å². The van der Waals surface area contributed by atoms with Crippen LogP contribution in [0.2, 0.25) is 0 Å². The number of hydrogen-bond acceptors (Lipinski definition) is 4. The lowest BCUT2D eigenvalue weighted by molar-refractivity contribution is -0.135. The van der Waals surface area contributed by atoms with Crippen molar-refractivity contribution < 1.29 is 4.79 Å². The Kier molecular flexibility index (Phi) is 5.36. The van der Waals surface area contributed by atoms with Crippen molar-refractivity contribution in [2.24, 2.45) is 5.92 Å². The molecular weight excluding hydrogens is 360 g/mol. The highest BCUT2D eigenvalue weighted by atomic mass is 16.2. The lowest BCUT2D eigenvalue weighted by Crippen LogP contribution is -2.54. The van der Waals surface area contributed by atoms with Crippen molar-refractivity contribution >= 4 is 5.91 Å². The van der Waals surface area contributed by atoms with Gasteiger partial charge in [-0.3, -0.25) is 15.1 Å². The first kappa shape index (κ1) is 18.8. The van der Waals surface area contributed by atoms with Gasteiger partial charge >= 0.3 is 0 Å². The largest absolute Gasteiger partial charge is 0.339 e. The number of amides is 1. The molecule has 152 valence electrons. The number of nitrogens with one attached hydrogen (secondary N) is 2. The number of carbonyl (C=O) groups is 1. The third-order valence-electron chi connectivity index (χ3n) is 6.64. The first-order valence-electron chi connectivity index (χ1n) is 10.9. The summed E-state index contributed by atoms with van der Waals surface area (Å²) in [6.45, 7) is 3.38. The Morgan fingerprint density at radius 3 is 1.97 bits per heavy atom. The molecule has 2 atom stereocenters. The van der Waals surface area contributed by atoms with Gasteiger partial charge in [-0.15, -0.1) is 0 Å². The highest BCUT2D eigenvalue weighted by Gasteiger charge is 2.40. The van der Waals surface area contributed by atoms with E-state index in [9.17, 15) is 4.79 Å². The SMILES string of the molecule is O=C(C1CC(C2CC2)NN1)N1CCN(C(c2ccccc2)c2ccccc2)CC1. The molecule has 1 saturated carbocycles. The summed E-state index contributed by atoms with van der Waals surface area (Å²) in [6, 6.07) is 22.1. The molecule has 3 fully saturated rings. The summed E-state index contributed by atoms with van der Waals surface area (Å²) in [5, 5.41) is 0. The van der Waals surface area contributed by atoms with Gasteiger partial charge in [-0.2, -0.15) is 0 Å². The molecule has 2 N–H and O–H groups in total. The maximum atomic E-state index is 13.0. The molecule has 5 heteroatoms. The molecule has 29 heavy (non-hydrogen) atoms. The normalized spacial score (nSPS) is 25.5. The average Bonchev–Trinajstić information content (AvgIpc) is 3.52. The highest BCUT2D eigenvalue weighted by molar-refractivity contribution is 5.82. The second-order valence-corrected chi connectivity index (χ2v) is 8.61. The van der Waals surface area contributed by atoms with Gasteiger partial charge in [0.2, 0.25) is 5.91 Å². The summed E-state index contributed by atoms with van der Waals surface area (Å²) in [5.41, 5.74) is 9.23. The molecule has 1 amide bonds. The fourth-order valence-electron chi connectivity index (χ4n) is 4.86. The van der Waals surface area contributed by atoms with Crippen LogP contribution >= 0.6 is 0 Å². The predicted octanol–water partition coefficient (Wildman–Crippen LogP) is 2.57. The molecular formula is C24H30N4O. The number of carbonyl (C=O) groups excluding carboxylic acids is 1. The molecule has 2 aliphatic heterocycles. The van der Waals surface area contributed by atoms with Crippen LogP contribution in [-0.2, 0) is 4.79 Å². The number of piperazine rings is 1. The van der Waals surface area contributed by atoms with Gasteiger partial charge in [0.15, 0.2) is 0 Å². The molecule has 0 spiro atoms. The van der Waals surface area contributed by atoms with E-state index in [1.165, 1.54) is 24.0 Å². The Bertz CT molecular complexity index is 776. The van der Waals surface area contributed by atoms with Crippen LogP contribution in [0.25, 0.3) is 0 Å². The quantitative estimate of drug-likeness (QED) is 0.824. The smallest absolute Gasteiger partial charge is 0.241 e. The number of rotatable bonds is 5. The van der Waals surface area contributed by atoms with Gasteiger partial charge in [-0.1, -0.05) is 60.7 Å². The van der Waals surface area contributed by atoms with Crippen molar-refractivity contribution in [3.05, 3.63) is 71.8 Å². The maximum absolute atomic E-state index is 13.0. The van der Waals surface area contributed by atoms with Gasteiger partial charge in [0.1, 0.15) is 6.04 Å². The van der Waals surface area contributed by atoms with Gasteiger partial charge in [-0.05, 0) is 36.3 Å². The molecule has 0 radical (unpaired) electrons. The topological polar surface area (TPSA) is 47.6 Å². The first-order valence-corrected chi connectivity index (χ1v) is 10.9. The van der Waals surface area contributed by atoms with Gasteiger partial charge < -0.3 is 4.90 Å². The van der Waals surface area contributed by atoms with Crippen molar-refractivity contribution in [1.29, 1.82) is 0 Å². The molecule has 2 heterocycles. The zero-order valence-electron chi connectivity index (χ0n) is 16.8. The van der Waals surface area contributed by atoms with Crippen molar-refractivity contribution in [2.75, 3.05) is 26.2 Å². The monoisotopic (exact) mass is 390 g/mol. The summed E-state index contributed by atoms with van der Waals surface area (Å²) in [6.07, 6.45) is 3.54. The summed E-state index contributed by atoms with van der Waals surface area (Å²) in [5.74, 6) is 1.03. The van der Waals surface area contributed by atoms with Crippen molar-refractivity contribution in [2.45, 2.75) is 37.4 Å². The second kappa shape index (κ2) is 8.27. The second-order valence-electron chi connectivity index (χ2n) is 8.61. The van der Waals surface area contributed by atoms with E-state index < -0.39 is 0 Å². The Morgan fingerprint density at radius 1 is 0.828 bits per heavy atom. The van der Waals surface area contributed by atoms with E-state index in [1.54, 1.807) is 0 Å². The molecule has 2 saturated heterocycles. The average molecular weight is 391 g/mol. The Morgan fingerprint density at radius 2 is 1.41 bits per heavy atom. The Hall–Kier alpha value is -2.21. The van der Waals surface area contributed by atoms with Crippen LogP contribution in [0.1, 0.15) is 36.4 Å². The molecule has 3 aliphatic rings. The Labute approximate surface area is 173 Å².